The standard InChI is InChI=1S/C20H20N2O5/c1-26-17-9-5-8-15-14(11-21-18(15)17)10-16(19(23)24)22-20(25)27-12-13-6-3-2-4-7-13/h2-9,11,16,21H,10,12H2,1H3,(H,22,25)(H,23,24)/t16-/m0/s1. The molecule has 2 aromatic carbocycles. The Kier molecular flexibility index (Phi) is 5.61. The summed E-state index contributed by atoms with van der Waals surface area (Å²) in [6.07, 6.45) is 1.06. The van der Waals surface area contributed by atoms with E-state index >= 15 is 0 Å². The minimum Gasteiger partial charge on any atom is -0.495 e. The highest BCUT2D eigenvalue weighted by atomic mass is 16.5. The van der Waals surface area contributed by atoms with E-state index in [0.29, 0.717) is 5.75 Å². The topological polar surface area (TPSA) is 101 Å². The average Bonchev–Trinajstić information content (AvgIpc) is 3.09. The molecule has 0 radical (unpaired) electrons. The Bertz CT molecular complexity index is 936. The molecule has 1 amide bonds. The van der Waals surface area contributed by atoms with Gasteiger partial charge in [-0.25, -0.2) is 9.59 Å². The van der Waals surface area contributed by atoms with Crippen LogP contribution in [0.3, 0.4) is 0 Å². The smallest absolute Gasteiger partial charge is 0.408 e. The second-order valence-corrected chi connectivity index (χ2v) is 6.00. The van der Waals surface area contributed by atoms with Gasteiger partial charge < -0.3 is 24.9 Å². The van der Waals surface area contributed by atoms with Crippen molar-refractivity contribution < 1.29 is 24.2 Å². The lowest BCUT2D eigenvalue weighted by Gasteiger charge is -2.14. The first kappa shape index (κ1) is 18.3. The van der Waals surface area contributed by atoms with Crippen molar-refractivity contribution >= 4 is 23.0 Å². The molecule has 3 aromatic rings. The fourth-order valence-corrected chi connectivity index (χ4v) is 2.85. The number of benzene rings is 2. The third-order valence-electron chi connectivity index (χ3n) is 4.21. The van der Waals surface area contributed by atoms with Crippen LogP contribution in [0.15, 0.2) is 54.7 Å². The molecule has 1 aromatic heterocycles. The van der Waals surface area contributed by atoms with Gasteiger partial charge in [0.05, 0.1) is 12.6 Å². The first-order valence-corrected chi connectivity index (χ1v) is 8.41. The van der Waals surface area contributed by atoms with Crippen LogP contribution in [0.4, 0.5) is 4.79 Å². The lowest BCUT2D eigenvalue weighted by molar-refractivity contribution is -0.139. The van der Waals surface area contributed by atoms with E-state index < -0.39 is 18.1 Å². The summed E-state index contributed by atoms with van der Waals surface area (Å²) in [6.45, 7) is 0.0727. The number of aliphatic carboxylic acids is 1. The second kappa shape index (κ2) is 8.27. The number of carboxylic acid groups (broad SMARTS) is 1. The molecular formula is C20H20N2O5. The molecule has 3 N–H and O–H groups in total. The first-order chi connectivity index (χ1) is 13.1. The summed E-state index contributed by atoms with van der Waals surface area (Å²) in [6, 6.07) is 13.6. The van der Waals surface area contributed by atoms with Crippen LogP contribution in [0.1, 0.15) is 11.1 Å². The van der Waals surface area contributed by atoms with E-state index in [4.69, 9.17) is 9.47 Å². The number of fused-ring (bicyclic) bond motifs is 1. The minimum atomic E-state index is -1.14. The van der Waals surface area contributed by atoms with Crippen LogP contribution in [-0.2, 0) is 22.6 Å². The molecule has 1 atom stereocenters. The number of H-pyrrole nitrogens is 1. The molecule has 0 fully saturated rings. The molecule has 0 aliphatic heterocycles. The van der Waals surface area contributed by atoms with Crippen LogP contribution in [0.25, 0.3) is 10.9 Å². The van der Waals surface area contributed by atoms with E-state index in [1.807, 2.05) is 48.5 Å². The Morgan fingerprint density at radius 3 is 2.63 bits per heavy atom. The highest BCUT2D eigenvalue weighted by molar-refractivity contribution is 5.89. The molecule has 27 heavy (non-hydrogen) atoms. The Hall–Kier alpha value is -3.48. The first-order valence-electron chi connectivity index (χ1n) is 8.41. The van der Waals surface area contributed by atoms with Crippen molar-refractivity contribution in [1.29, 1.82) is 0 Å². The number of methoxy groups -OCH3 is 1. The summed E-state index contributed by atoms with van der Waals surface area (Å²) in [5.41, 5.74) is 2.37. The number of hydrogen-bond donors (Lipinski definition) is 3. The van der Waals surface area contributed by atoms with Crippen molar-refractivity contribution in [1.82, 2.24) is 10.3 Å². The lowest BCUT2D eigenvalue weighted by Crippen LogP contribution is -2.42. The number of hydrogen-bond acceptors (Lipinski definition) is 4. The van der Waals surface area contributed by atoms with Crippen LogP contribution < -0.4 is 10.1 Å². The van der Waals surface area contributed by atoms with Crippen molar-refractivity contribution in [2.24, 2.45) is 0 Å². The van der Waals surface area contributed by atoms with Crippen molar-refractivity contribution in [3.05, 3.63) is 65.9 Å². The summed E-state index contributed by atoms with van der Waals surface area (Å²) in [5.74, 6) is -0.468. The number of aromatic amines is 1. The van der Waals surface area contributed by atoms with E-state index in [9.17, 15) is 14.7 Å². The predicted molar refractivity (Wildman–Crippen MR) is 99.7 cm³/mol. The van der Waals surface area contributed by atoms with Crippen LogP contribution >= 0.6 is 0 Å². The monoisotopic (exact) mass is 368 g/mol. The number of carbonyl (C=O) groups excluding carboxylic acids is 1. The van der Waals surface area contributed by atoms with Gasteiger partial charge in [-0.05, 0) is 17.2 Å². The third-order valence-corrected chi connectivity index (χ3v) is 4.21. The normalized spacial score (nSPS) is 11.7. The predicted octanol–water partition coefficient (Wildman–Crippen LogP) is 3.10. The quantitative estimate of drug-likeness (QED) is 0.595. The molecule has 0 saturated carbocycles. The summed E-state index contributed by atoms with van der Waals surface area (Å²) in [4.78, 5) is 26.7. The Labute approximate surface area is 155 Å². The van der Waals surface area contributed by atoms with E-state index in [2.05, 4.69) is 10.3 Å². The molecule has 7 heteroatoms. The minimum absolute atomic E-state index is 0.0727. The number of carbonyl (C=O) groups is 2. The summed E-state index contributed by atoms with van der Waals surface area (Å²) >= 11 is 0. The van der Waals surface area contributed by atoms with Crippen molar-refractivity contribution in [3.8, 4) is 5.75 Å². The largest absolute Gasteiger partial charge is 0.495 e. The zero-order chi connectivity index (χ0) is 19.2. The summed E-state index contributed by atoms with van der Waals surface area (Å²) in [5, 5.41) is 12.7. The van der Waals surface area contributed by atoms with E-state index in [1.165, 1.54) is 0 Å². The SMILES string of the molecule is COc1cccc2c(C[C@H](NC(=O)OCc3ccccc3)C(=O)O)c[nH]c12. The molecule has 0 bridgehead atoms. The number of rotatable bonds is 7. The maximum atomic E-state index is 12.0. The number of carboxylic acids is 1. The Morgan fingerprint density at radius 1 is 1.15 bits per heavy atom. The number of amides is 1. The van der Waals surface area contributed by atoms with Gasteiger partial charge in [-0.2, -0.15) is 0 Å². The number of alkyl carbamates (subject to hydrolysis) is 1. The molecular weight excluding hydrogens is 348 g/mol. The Morgan fingerprint density at radius 2 is 1.93 bits per heavy atom. The third kappa shape index (κ3) is 4.38. The van der Waals surface area contributed by atoms with Gasteiger partial charge in [0, 0.05) is 18.0 Å². The Balaban J connectivity index is 1.67. The van der Waals surface area contributed by atoms with Crippen LogP contribution in [-0.4, -0.2) is 35.3 Å². The summed E-state index contributed by atoms with van der Waals surface area (Å²) in [7, 11) is 1.57. The van der Waals surface area contributed by atoms with E-state index in [1.54, 1.807) is 13.3 Å². The number of ether oxygens (including phenoxy) is 2. The van der Waals surface area contributed by atoms with E-state index in [-0.39, 0.29) is 13.0 Å². The fourth-order valence-electron chi connectivity index (χ4n) is 2.85. The van der Waals surface area contributed by atoms with Gasteiger partial charge >= 0.3 is 12.1 Å². The average molecular weight is 368 g/mol. The van der Waals surface area contributed by atoms with Crippen LogP contribution in [0, 0.1) is 0 Å². The van der Waals surface area contributed by atoms with Gasteiger partial charge in [0.25, 0.3) is 0 Å². The van der Waals surface area contributed by atoms with Gasteiger partial charge in [0.1, 0.15) is 18.4 Å². The molecule has 0 spiro atoms. The molecule has 140 valence electrons. The molecule has 0 unspecified atom stereocenters. The van der Waals surface area contributed by atoms with Crippen molar-refractivity contribution in [3.63, 3.8) is 0 Å². The van der Waals surface area contributed by atoms with Crippen molar-refractivity contribution in [2.45, 2.75) is 19.1 Å². The number of nitrogens with one attached hydrogen (secondary N) is 2. The van der Waals surface area contributed by atoms with Crippen molar-refractivity contribution in [2.75, 3.05) is 7.11 Å². The van der Waals surface area contributed by atoms with Gasteiger partial charge in [-0.3, -0.25) is 0 Å². The molecule has 0 aliphatic carbocycles. The molecule has 3 rings (SSSR count). The molecule has 7 nitrogen and oxygen atoms in total. The van der Waals surface area contributed by atoms with Crippen LogP contribution in [0.5, 0.6) is 5.75 Å². The second-order valence-electron chi connectivity index (χ2n) is 6.00. The zero-order valence-electron chi connectivity index (χ0n) is 14.8. The highest BCUT2D eigenvalue weighted by Crippen LogP contribution is 2.27. The molecule has 0 saturated heterocycles. The van der Waals surface area contributed by atoms with Gasteiger partial charge in [-0.1, -0.05) is 42.5 Å². The lowest BCUT2D eigenvalue weighted by atomic mass is 10.0. The number of aromatic nitrogens is 1. The number of para-hydroxylation sites is 1. The molecule has 1 heterocycles. The van der Waals surface area contributed by atoms with Crippen LogP contribution in [0.2, 0.25) is 0 Å². The zero-order valence-corrected chi connectivity index (χ0v) is 14.8. The van der Waals surface area contributed by atoms with Gasteiger partial charge in [0.2, 0.25) is 0 Å². The maximum absolute atomic E-state index is 12.0. The summed E-state index contributed by atoms with van der Waals surface area (Å²) < 4.78 is 10.4. The van der Waals surface area contributed by atoms with E-state index in [0.717, 1.165) is 22.0 Å². The fraction of sp³-hybridized carbons (Fsp3) is 0.200. The van der Waals surface area contributed by atoms with Gasteiger partial charge in [0.15, 0.2) is 0 Å². The highest BCUT2D eigenvalue weighted by Gasteiger charge is 2.23. The molecule has 0 aliphatic rings. The van der Waals surface area contributed by atoms with Gasteiger partial charge in [-0.15, -0.1) is 0 Å². The maximum Gasteiger partial charge on any atom is 0.408 e.